The molecule has 0 amide bonds. The first-order valence-corrected chi connectivity index (χ1v) is 4.94. The molecule has 0 radical (unpaired) electrons. The summed E-state index contributed by atoms with van der Waals surface area (Å²) in [6.45, 7) is 0. The predicted molar refractivity (Wildman–Crippen MR) is 56.0 cm³/mol. The number of aldehydes is 1. The quantitative estimate of drug-likeness (QED) is 0.581. The fourth-order valence-corrected chi connectivity index (χ4v) is 1.78. The molecule has 4 heteroatoms. The molecule has 1 aromatic carbocycles. The normalized spacial score (nSPS) is 12.5. The number of hydrogen-bond acceptors (Lipinski definition) is 1. The fraction of sp³-hybridized carbons (Fsp3) is 0.222. The summed E-state index contributed by atoms with van der Waals surface area (Å²) in [4.78, 5) is 10.6. The number of halogens is 3. The van der Waals surface area contributed by atoms with Crippen LogP contribution in [0, 0.1) is 0 Å². The molecule has 0 aliphatic rings. The van der Waals surface area contributed by atoms with Gasteiger partial charge in [0.25, 0.3) is 0 Å². The van der Waals surface area contributed by atoms with Crippen molar-refractivity contribution < 1.29 is 4.79 Å². The summed E-state index contributed by atoms with van der Waals surface area (Å²) in [5, 5.41) is 1.03. The smallest absolute Gasteiger partial charge is 0.128 e. The van der Waals surface area contributed by atoms with Gasteiger partial charge >= 0.3 is 0 Å². The standard InChI is InChI=1S/C9H7Cl3O/c10-4-6(5-13)8-2-1-7(11)3-9(8)12/h1-3,5-6H,4H2. The van der Waals surface area contributed by atoms with Crippen LogP contribution in [0.25, 0.3) is 0 Å². The van der Waals surface area contributed by atoms with Gasteiger partial charge in [-0.1, -0.05) is 29.3 Å². The van der Waals surface area contributed by atoms with Crippen molar-refractivity contribution in [2.24, 2.45) is 0 Å². The number of rotatable bonds is 3. The zero-order valence-electron chi connectivity index (χ0n) is 6.64. The van der Waals surface area contributed by atoms with Gasteiger partial charge in [0.15, 0.2) is 0 Å². The first-order valence-electron chi connectivity index (χ1n) is 3.65. The summed E-state index contributed by atoms with van der Waals surface area (Å²) in [5.74, 6) is -0.128. The van der Waals surface area contributed by atoms with Gasteiger partial charge in [-0.2, -0.15) is 0 Å². The van der Waals surface area contributed by atoms with E-state index in [9.17, 15) is 4.79 Å². The van der Waals surface area contributed by atoms with E-state index in [-0.39, 0.29) is 11.8 Å². The van der Waals surface area contributed by atoms with Crippen LogP contribution in [-0.4, -0.2) is 12.2 Å². The average Bonchev–Trinajstić information content (AvgIpc) is 2.10. The van der Waals surface area contributed by atoms with E-state index in [4.69, 9.17) is 34.8 Å². The molecule has 0 aliphatic carbocycles. The van der Waals surface area contributed by atoms with Crippen molar-refractivity contribution in [3.63, 3.8) is 0 Å². The minimum Gasteiger partial charge on any atom is -0.303 e. The molecule has 0 bridgehead atoms. The molecular weight excluding hydrogens is 230 g/mol. The largest absolute Gasteiger partial charge is 0.303 e. The number of hydrogen-bond donors (Lipinski definition) is 0. The Morgan fingerprint density at radius 3 is 2.54 bits per heavy atom. The molecule has 0 heterocycles. The molecule has 1 atom stereocenters. The van der Waals surface area contributed by atoms with Crippen LogP contribution in [0.4, 0.5) is 0 Å². The Bertz CT molecular complexity index is 312. The van der Waals surface area contributed by atoms with Crippen LogP contribution in [0.2, 0.25) is 10.0 Å². The van der Waals surface area contributed by atoms with Crippen molar-refractivity contribution in [3.05, 3.63) is 33.8 Å². The second-order valence-electron chi connectivity index (χ2n) is 2.56. The third-order valence-electron chi connectivity index (χ3n) is 1.69. The molecule has 1 nitrogen and oxygen atoms in total. The zero-order valence-corrected chi connectivity index (χ0v) is 8.90. The fourth-order valence-electron chi connectivity index (χ4n) is 0.995. The van der Waals surface area contributed by atoms with E-state index in [1.54, 1.807) is 18.2 Å². The topological polar surface area (TPSA) is 17.1 Å². The van der Waals surface area contributed by atoms with Gasteiger partial charge in [0.2, 0.25) is 0 Å². The number of carbonyl (C=O) groups is 1. The van der Waals surface area contributed by atoms with Crippen LogP contribution in [0.1, 0.15) is 11.5 Å². The lowest BCUT2D eigenvalue weighted by Crippen LogP contribution is -2.02. The maximum Gasteiger partial charge on any atom is 0.128 e. The molecular formula is C9H7Cl3O. The van der Waals surface area contributed by atoms with E-state index < -0.39 is 0 Å². The number of benzene rings is 1. The minimum atomic E-state index is -0.355. The van der Waals surface area contributed by atoms with Crippen LogP contribution in [0.5, 0.6) is 0 Å². The summed E-state index contributed by atoms with van der Waals surface area (Å²) in [6.07, 6.45) is 0.780. The van der Waals surface area contributed by atoms with Gasteiger partial charge in [-0.15, -0.1) is 11.6 Å². The molecule has 0 saturated heterocycles. The van der Waals surface area contributed by atoms with Crippen molar-refractivity contribution in [3.8, 4) is 0 Å². The molecule has 0 spiro atoms. The van der Waals surface area contributed by atoms with Gasteiger partial charge in [-0.25, -0.2) is 0 Å². The Balaban J connectivity index is 3.06. The molecule has 70 valence electrons. The maximum atomic E-state index is 10.6. The van der Waals surface area contributed by atoms with Crippen LogP contribution in [0.3, 0.4) is 0 Å². The van der Waals surface area contributed by atoms with Crippen LogP contribution in [-0.2, 0) is 4.79 Å². The van der Waals surface area contributed by atoms with Gasteiger partial charge in [-0.3, -0.25) is 0 Å². The highest BCUT2D eigenvalue weighted by Gasteiger charge is 2.12. The highest BCUT2D eigenvalue weighted by Crippen LogP contribution is 2.27. The monoisotopic (exact) mass is 236 g/mol. The molecule has 0 aromatic heterocycles. The lowest BCUT2D eigenvalue weighted by molar-refractivity contribution is -0.108. The number of carbonyl (C=O) groups excluding carboxylic acids is 1. The predicted octanol–water partition coefficient (Wildman–Crippen LogP) is 3.51. The second kappa shape index (κ2) is 4.85. The Morgan fingerprint density at radius 2 is 2.08 bits per heavy atom. The SMILES string of the molecule is O=CC(CCl)c1ccc(Cl)cc1Cl. The van der Waals surface area contributed by atoms with Gasteiger partial charge in [0.05, 0.1) is 5.92 Å². The van der Waals surface area contributed by atoms with Crippen LogP contribution in [0.15, 0.2) is 18.2 Å². The molecule has 1 unspecified atom stereocenters. The molecule has 1 aromatic rings. The molecule has 0 fully saturated rings. The highest BCUT2D eigenvalue weighted by atomic mass is 35.5. The summed E-state index contributed by atoms with van der Waals surface area (Å²) < 4.78 is 0. The van der Waals surface area contributed by atoms with Gasteiger partial charge in [-0.05, 0) is 17.7 Å². The lowest BCUT2D eigenvalue weighted by atomic mass is 10.0. The third kappa shape index (κ3) is 2.60. The number of alkyl halides is 1. The Hall–Kier alpha value is -0.240. The summed E-state index contributed by atoms with van der Waals surface area (Å²) in [5.41, 5.74) is 0.719. The van der Waals surface area contributed by atoms with Crippen LogP contribution >= 0.6 is 34.8 Å². The van der Waals surface area contributed by atoms with Crippen molar-refractivity contribution in [2.75, 3.05) is 5.88 Å². The van der Waals surface area contributed by atoms with Gasteiger partial charge in [0.1, 0.15) is 6.29 Å². The van der Waals surface area contributed by atoms with Gasteiger partial charge in [0, 0.05) is 15.9 Å². The Morgan fingerprint density at radius 1 is 1.38 bits per heavy atom. The summed E-state index contributed by atoms with van der Waals surface area (Å²) in [7, 11) is 0. The third-order valence-corrected chi connectivity index (χ3v) is 2.59. The molecule has 0 N–H and O–H groups in total. The van der Waals surface area contributed by atoms with Crippen molar-refractivity contribution in [2.45, 2.75) is 5.92 Å². The van der Waals surface area contributed by atoms with Gasteiger partial charge < -0.3 is 4.79 Å². The average molecular weight is 238 g/mol. The van der Waals surface area contributed by atoms with Crippen molar-refractivity contribution in [1.82, 2.24) is 0 Å². The molecule has 0 saturated carbocycles. The Kier molecular flexibility index (Phi) is 4.04. The van der Waals surface area contributed by atoms with E-state index in [0.29, 0.717) is 10.0 Å². The first kappa shape index (κ1) is 10.8. The highest BCUT2D eigenvalue weighted by molar-refractivity contribution is 6.35. The molecule has 0 aliphatic heterocycles. The summed E-state index contributed by atoms with van der Waals surface area (Å²) in [6, 6.07) is 5.00. The lowest BCUT2D eigenvalue weighted by Gasteiger charge is -2.08. The molecule has 13 heavy (non-hydrogen) atoms. The van der Waals surface area contributed by atoms with E-state index in [2.05, 4.69) is 0 Å². The van der Waals surface area contributed by atoms with Crippen molar-refractivity contribution in [1.29, 1.82) is 0 Å². The van der Waals surface area contributed by atoms with E-state index >= 15 is 0 Å². The van der Waals surface area contributed by atoms with Crippen LogP contribution < -0.4 is 0 Å². The van der Waals surface area contributed by atoms with E-state index in [0.717, 1.165) is 11.8 Å². The second-order valence-corrected chi connectivity index (χ2v) is 3.71. The van der Waals surface area contributed by atoms with E-state index in [1.807, 2.05) is 0 Å². The Labute approximate surface area is 91.6 Å². The first-order chi connectivity index (χ1) is 6.19. The minimum absolute atomic E-state index is 0.227. The zero-order chi connectivity index (χ0) is 9.84. The maximum absolute atomic E-state index is 10.6. The van der Waals surface area contributed by atoms with E-state index in [1.165, 1.54) is 0 Å². The summed E-state index contributed by atoms with van der Waals surface area (Å²) >= 11 is 17.2. The molecule has 1 rings (SSSR count). The van der Waals surface area contributed by atoms with Crippen molar-refractivity contribution >= 4 is 41.1 Å².